The lowest BCUT2D eigenvalue weighted by molar-refractivity contribution is 0.103. The van der Waals surface area contributed by atoms with Crippen molar-refractivity contribution in [3.05, 3.63) is 0 Å². The molecule has 1 unspecified atom stereocenters. The lowest BCUT2D eigenvalue weighted by Gasteiger charge is -2.12. The van der Waals surface area contributed by atoms with Gasteiger partial charge in [-0.25, -0.2) is 14.9 Å². The summed E-state index contributed by atoms with van der Waals surface area (Å²) < 4.78 is 4.86. The van der Waals surface area contributed by atoms with Gasteiger partial charge in [-0.05, 0) is 19.8 Å². The van der Waals surface area contributed by atoms with Crippen molar-refractivity contribution < 1.29 is 14.3 Å². The summed E-state index contributed by atoms with van der Waals surface area (Å²) in [5.41, 5.74) is 4.74. The van der Waals surface area contributed by atoms with Crippen LogP contribution in [0.4, 0.5) is 9.59 Å². The van der Waals surface area contributed by atoms with Gasteiger partial charge >= 0.3 is 12.1 Å². The number of unbranched alkanes of at least 4 members (excludes halogenated alkanes) is 2. The zero-order chi connectivity index (χ0) is 11.0. The van der Waals surface area contributed by atoms with Crippen LogP contribution >= 0.6 is 0 Å². The Labute approximate surface area is 84.0 Å². The number of urea groups is 1. The summed E-state index contributed by atoms with van der Waals surface area (Å²) >= 11 is 0. The van der Waals surface area contributed by atoms with E-state index in [0.717, 1.165) is 25.7 Å². The predicted octanol–water partition coefficient (Wildman–Crippen LogP) is 1.76. The van der Waals surface area contributed by atoms with E-state index in [1.54, 1.807) is 6.92 Å². The van der Waals surface area contributed by atoms with Gasteiger partial charge in [-0.1, -0.05) is 19.8 Å². The van der Waals surface area contributed by atoms with Crippen LogP contribution in [0.3, 0.4) is 0 Å². The van der Waals surface area contributed by atoms with Crippen LogP contribution in [-0.2, 0) is 4.74 Å². The van der Waals surface area contributed by atoms with Gasteiger partial charge in [0.25, 0.3) is 0 Å². The number of hydrogen-bond donors (Lipinski definition) is 2. The van der Waals surface area contributed by atoms with Crippen molar-refractivity contribution >= 4 is 12.1 Å². The van der Waals surface area contributed by atoms with Crippen molar-refractivity contribution in [2.24, 2.45) is 5.73 Å². The number of nitrogens with one attached hydrogen (secondary N) is 1. The van der Waals surface area contributed by atoms with E-state index >= 15 is 0 Å². The number of amides is 3. The molecule has 82 valence electrons. The predicted molar refractivity (Wildman–Crippen MR) is 52.8 cm³/mol. The van der Waals surface area contributed by atoms with Gasteiger partial charge in [0.15, 0.2) is 0 Å². The summed E-state index contributed by atoms with van der Waals surface area (Å²) in [4.78, 5) is 21.1. The van der Waals surface area contributed by atoms with E-state index in [0.29, 0.717) is 0 Å². The summed E-state index contributed by atoms with van der Waals surface area (Å²) in [6.45, 7) is 3.89. The third kappa shape index (κ3) is 7.39. The van der Waals surface area contributed by atoms with Crippen LogP contribution in [0, 0.1) is 0 Å². The summed E-state index contributed by atoms with van der Waals surface area (Å²) in [6.07, 6.45) is 3.11. The molecule has 0 aromatic rings. The van der Waals surface area contributed by atoms with Crippen LogP contribution in [0.25, 0.3) is 0 Å². The lowest BCUT2D eigenvalue weighted by Crippen LogP contribution is -2.36. The Hall–Kier alpha value is -1.26. The molecule has 0 aromatic carbocycles. The molecule has 5 nitrogen and oxygen atoms in total. The number of primary amides is 1. The fraction of sp³-hybridized carbons (Fsp3) is 0.778. The van der Waals surface area contributed by atoms with Gasteiger partial charge in [0, 0.05) is 0 Å². The average molecular weight is 202 g/mol. The number of carbonyl (C=O) groups is 2. The second-order valence-electron chi connectivity index (χ2n) is 3.20. The highest BCUT2D eigenvalue weighted by Crippen LogP contribution is 2.05. The molecular weight excluding hydrogens is 184 g/mol. The first kappa shape index (κ1) is 12.7. The summed E-state index contributed by atoms with van der Waals surface area (Å²) in [7, 11) is 0. The zero-order valence-electron chi connectivity index (χ0n) is 8.71. The molecule has 0 aliphatic heterocycles. The molecule has 0 rings (SSSR count). The van der Waals surface area contributed by atoms with Gasteiger partial charge in [0.2, 0.25) is 0 Å². The third-order valence-corrected chi connectivity index (χ3v) is 1.75. The van der Waals surface area contributed by atoms with Gasteiger partial charge in [0.1, 0.15) is 6.10 Å². The first-order chi connectivity index (χ1) is 6.56. The Morgan fingerprint density at radius 3 is 2.57 bits per heavy atom. The minimum absolute atomic E-state index is 0.180. The Kier molecular flexibility index (Phi) is 6.53. The topological polar surface area (TPSA) is 81.4 Å². The number of hydrogen-bond acceptors (Lipinski definition) is 3. The maximum absolute atomic E-state index is 10.9. The molecule has 0 aromatic heterocycles. The third-order valence-electron chi connectivity index (χ3n) is 1.75. The molecule has 0 heterocycles. The molecule has 0 saturated carbocycles. The molecule has 3 N–H and O–H groups in total. The number of alkyl carbamates (subject to hydrolysis) is 1. The van der Waals surface area contributed by atoms with E-state index in [1.165, 1.54) is 0 Å². The van der Waals surface area contributed by atoms with Crippen molar-refractivity contribution in [1.82, 2.24) is 5.32 Å². The van der Waals surface area contributed by atoms with E-state index in [4.69, 9.17) is 10.5 Å². The maximum atomic E-state index is 10.9. The van der Waals surface area contributed by atoms with Gasteiger partial charge in [-0.3, -0.25) is 0 Å². The molecule has 3 amide bonds. The molecule has 5 heteroatoms. The fourth-order valence-corrected chi connectivity index (χ4v) is 1.05. The molecular formula is C9H18N2O3. The molecule has 0 spiro atoms. The Morgan fingerprint density at radius 1 is 1.43 bits per heavy atom. The molecule has 0 bridgehead atoms. The van der Waals surface area contributed by atoms with E-state index in [9.17, 15) is 9.59 Å². The summed E-state index contributed by atoms with van der Waals surface area (Å²) in [5.74, 6) is 0. The Morgan fingerprint density at radius 2 is 2.07 bits per heavy atom. The molecule has 0 aliphatic carbocycles. The van der Waals surface area contributed by atoms with Gasteiger partial charge in [-0.15, -0.1) is 0 Å². The van der Waals surface area contributed by atoms with E-state index in [2.05, 4.69) is 6.92 Å². The first-order valence-electron chi connectivity index (χ1n) is 4.83. The van der Waals surface area contributed by atoms with Crippen molar-refractivity contribution in [2.75, 3.05) is 0 Å². The summed E-state index contributed by atoms with van der Waals surface area (Å²) in [6, 6.07) is -0.893. The maximum Gasteiger partial charge on any atom is 0.415 e. The minimum atomic E-state index is -0.893. The molecule has 0 aliphatic rings. The number of imide groups is 1. The lowest BCUT2D eigenvalue weighted by atomic mass is 10.1. The van der Waals surface area contributed by atoms with Gasteiger partial charge in [-0.2, -0.15) is 0 Å². The van der Waals surface area contributed by atoms with Crippen LogP contribution in [0.5, 0.6) is 0 Å². The van der Waals surface area contributed by atoms with Gasteiger partial charge < -0.3 is 10.5 Å². The van der Waals surface area contributed by atoms with E-state index in [-0.39, 0.29) is 6.10 Å². The zero-order valence-corrected chi connectivity index (χ0v) is 8.71. The Balaban J connectivity index is 3.55. The molecule has 1 atom stereocenters. The van der Waals surface area contributed by atoms with Crippen molar-refractivity contribution in [2.45, 2.75) is 45.6 Å². The van der Waals surface area contributed by atoms with Crippen molar-refractivity contribution in [3.63, 3.8) is 0 Å². The van der Waals surface area contributed by atoms with Crippen molar-refractivity contribution in [3.8, 4) is 0 Å². The molecule has 0 radical (unpaired) electrons. The standard InChI is InChI=1S/C9H18N2O3/c1-3-4-5-6-7(2)14-9(13)11-8(10)12/h7H,3-6H2,1-2H3,(H3,10,11,12,13). The summed E-state index contributed by atoms with van der Waals surface area (Å²) in [5, 5.41) is 1.84. The molecule has 0 fully saturated rings. The second kappa shape index (κ2) is 7.17. The Bertz CT molecular complexity index is 194. The SMILES string of the molecule is CCCCCC(C)OC(=O)NC(N)=O. The van der Waals surface area contributed by atoms with Crippen LogP contribution in [0.15, 0.2) is 0 Å². The average Bonchev–Trinajstić information content (AvgIpc) is 2.02. The second-order valence-corrected chi connectivity index (χ2v) is 3.20. The van der Waals surface area contributed by atoms with Crippen LogP contribution in [0.2, 0.25) is 0 Å². The quantitative estimate of drug-likeness (QED) is 0.666. The smallest absolute Gasteiger partial charge is 0.415 e. The van der Waals surface area contributed by atoms with E-state index < -0.39 is 12.1 Å². The highest BCUT2D eigenvalue weighted by Gasteiger charge is 2.09. The minimum Gasteiger partial charge on any atom is -0.446 e. The number of rotatable bonds is 5. The van der Waals surface area contributed by atoms with Crippen LogP contribution < -0.4 is 11.1 Å². The largest absolute Gasteiger partial charge is 0.446 e. The normalized spacial score (nSPS) is 11.9. The highest BCUT2D eigenvalue weighted by molar-refractivity contribution is 5.89. The number of ether oxygens (including phenoxy) is 1. The highest BCUT2D eigenvalue weighted by atomic mass is 16.6. The first-order valence-corrected chi connectivity index (χ1v) is 4.83. The van der Waals surface area contributed by atoms with Gasteiger partial charge in [0.05, 0.1) is 0 Å². The molecule has 14 heavy (non-hydrogen) atoms. The number of nitrogens with two attached hydrogens (primary N) is 1. The van der Waals surface area contributed by atoms with Crippen LogP contribution in [0.1, 0.15) is 39.5 Å². The van der Waals surface area contributed by atoms with E-state index in [1.807, 2.05) is 5.32 Å². The number of carbonyl (C=O) groups excluding carboxylic acids is 2. The molecule has 0 saturated heterocycles. The van der Waals surface area contributed by atoms with Crippen LogP contribution in [-0.4, -0.2) is 18.2 Å². The van der Waals surface area contributed by atoms with Crippen molar-refractivity contribution in [1.29, 1.82) is 0 Å². The monoisotopic (exact) mass is 202 g/mol. The fourth-order valence-electron chi connectivity index (χ4n) is 1.05.